The van der Waals surface area contributed by atoms with Gasteiger partial charge in [-0.1, -0.05) is 24.3 Å². The number of benzene rings is 1. The average Bonchev–Trinajstić information content (AvgIpc) is 2.94. The Kier molecular flexibility index (Phi) is 20.8. The topological polar surface area (TPSA) is 213 Å². The maximum absolute atomic E-state index is 11.9. The first-order valence-corrected chi connectivity index (χ1v) is 15.2. The Hall–Kier alpha value is -2.99. The second-order valence-electron chi connectivity index (χ2n) is 8.89. The van der Waals surface area contributed by atoms with Gasteiger partial charge >= 0.3 is 0 Å². The van der Waals surface area contributed by atoms with E-state index in [2.05, 4.69) is 21.3 Å². The highest BCUT2D eigenvalue weighted by atomic mass is 32.2. The van der Waals surface area contributed by atoms with Gasteiger partial charge in [-0.15, -0.1) is 0 Å². The highest BCUT2D eigenvalue weighted by molar-refractivity contribution is 7.89. The summed E-state index contributed by atoms with van der Waals surface area (Å²) < 4.78 is 42.7. The van der Waals surface area contributed by atoms with E-state index in [0.717, 1.165) is 17.4 Å². The summed E-state index contributed by atoms with van der Waals surface area (Å²) in [5.41, 5.74) is 1.99. The van der Waals surface area contributed by atoms with Gasteiger partial charge in [0, 0.05) is 32.6 Å². The quantitative estimate of drug-likeness (QED) is 0.0564. The number of hydrogen-bond acceptors (Lipinski definition) is 11. The van der Waals surface area contributed by atoms with Crippen LogP contribution in [0.25, 0.3) is 0 Å². The Morgan fingerprint density at radius 2 is 1.21 bits per heavy atom. The van der Waals surface area contributed by atoms with Gasteiger partial charge in [-0.3, -0.25) is 14.4 Å². The summed E-state index contributed by atoms with van der Waals surface area (Å²) in [7, 11) is -3.56. The summed E-state index contributed by atoms with van der Waals surface area (Å²) in [6, 6.07) is 7.68. The largest absolute Gasteiger partial charge is 0.377 e. The van der Waals surface area contributed by atoms with Crippen molar-refractivity contribution in [1.82, 2.24) is 21.3 Å². The zero-order valence-electron chi connectivity index (χ0n) is 23.8. The van der Waals surface area contributed by atoms with Crippen LogP contribution in [0.2, 0.25) is 0 Å². The monoisotopic (exact) mass is 617 g/mol. The van der Waals surface area contributed by atoms with Crippen LogP contribution in [-0.2, 0) is 61.2 Å². The normalized spacial score (nSPS) is 11.2. The van der Waals surface area contributed by atoms with E-state index in [1.165, 1.54) is 0 Å². The number of sulfonamides is 1. The molecule has 238 valence electrons. The van der Waals surface area contributed by atoms with Crippen molar-refractivity contribution in [2.45, 2.75) is 25.9 Å². The third kappa shape index (κ3) is 22.7. The van der Waals surface area contributed by atoms with Crippen LogP contribution in [0.1, 0.15) is 24.0 Å². The lowest BCUT2D eigenvalue weighted by Crippen LogP contribution is -2.31. The minimum absolute atomic E-state index is 0.0641. The summed E-state index contributed by atoms with van der Waals surface area (Å²) in [5.74, 6) is -1.07. The molecule has 0 aliphatic carbocycles. The van der Waals surface area contributed by atoms with Crippen LogP contribution < -0.4 is 26.4 Å². The Labute approximate surface area is 246 Å². The van der Waals surface area contributed by atoms with Crippen molar-refractivity contribution in [3.8, 4) is 0 Å². The molecule has 0 fully saturated rings. The molecular weight excluding hydrogens is 574 g/mol. The average molecular weight is 618 g/mol. The smallest absolute Gasteiger partial charge is 0.246 e. The maximum atomic E-state index is 11.9. The van der Waals surface area contributed by atoms with Crippen LogP contribution in [0.3, 0.4) is 0 Å². The lowest BCUT2D eigenvalue weighted by molar-refractivity contribution is -0.127. The lowest BCUT2D eigenvalue weighted by Gasteiger charge is -2.09. The second kappa shape index (κ2) is 23.6. The van der Waals surface area contributed by atoms with Gasteiger partial charge < -0.3 is 45.0 Å². The van der Waals surface area contributed by atoms with Crippen molar-refractivity contribution >= 4 is 34.0 Å². The Morgan fingerprint density at radius 3 is 1.76 bits per heavy atom. The number of carbonyl (C=O) groups excluding carboxylic acids is 4. The molecule has 16 heteroatoms. The molecule has 0 spiro atoms. The molecule has 0 saturated heterocycles. The molecular formula is C26H43N5O10S. The summed E-state index contributed by atoms with van der Waals surface area (Å²) >= 11 is 0. The number of primary sulfonamides is 1. The number of nitrogens with one attached hydrogen (secondary N) is 4. The molecule has 42 heavy (non-hydrogen) atoms. The molecule has 0 aliphatic heterocycles. The van der Waals surface area contributed by atoms with E-state index < -0.39 is 10.0 Å². The lowest BCUT2D eigenvalue weighted by atomic mass is 10.1. The molecule has 0 saturated carbocycles. The van der Waals surface area contributed by atoms with Crippen LogP contribution in [0.4, 0.5) is 0 Å². The number of hydrogen-bond donors (Lipinski definition) is 5. The van der Waals surface area contributed by atoms with E-state index in [1.807, 2.05) is 24.3 Å². The van der Waals surface area contributed by atoms with Gasteiger partial charge in [0.1, 0.15) is 19.5 Å². The first-order valence-electron chi connectivity index (χ1n) is 13.5. The van der Waals surface area contributed by atoms with Gasteiger partial charge in [0.2, 0.25) is 27.7 Å². The molecule has 0 aliphatic rings. The highest BCUT2D eigenvalue weighted by Gasteiger charge is 2.06. The first-order chi connectivity index (χ1) is 20.2. The van der Waals surface area contributed by atoms with E-state index in [4.69, 9.17) is 24.1 Å². The molecule has 0 bridgehead atoms. The van der Waals surface area contributed by atoms with Crippen molar-refractivity contribution in [2.75, 3.05) is 78.2 Å². The first kappa shape index (κ1) is 37.0. The Bertz CT molecular complexity index is 1020. The third-order valence-electron chi connectivity index (χ3n) is 5.25. The van der Waals surface area contributed by atoms with E-state index in [9.17, 15) is 27.6 Å². The zero-order valence-corrected chi connectivity index (χ0v) is 24.6. The highest BCUT2D eigenvalue weighted by Crippen LogP contribution is 2.04. The summed E-state index contributed by atoms with van der Waals surface area (Å²) in [6.07, 6.45) is 1.03. The predicted molar refractivity (Wildman–Crippen MR) is 153 cm³/mol. The van der Waals surface area contributed by atoms with Crippen LogP contribution in [0, 0.1) is 0 Å². The minimum Gasteiger partial charge on any atom is -0.377 e. The second-order valence-corrected chi connectivity index (χ2v) is 10.6. The number of ether oxygens (including phenoxy) is 4. The van der Waals surface area contributed by atoms with E-state index in [1.54, 1.807) is 0 Å². The van der Waals surface area contributed by atoms with E-state index >= 15 is 0 Å². The SMILES string of the molecule is NS(=O)(=O)CCCC(=O)NCCOCCOCC(=O)NCCOCCOCC(=O)NCc1ccc(CNCC=O)cc1. The van der Waals surface area contributed by atoms with Gasteiger partial charge in [-0.05, 0) is 17.5 Å². The summed E-state index contributed by atoms with van der Waals surface area (Å²) in [4.78, 5) is 45.5. The standard InChI is InChI=1S/C26H43N5O10S/c27-42(36,37)17-1-2-24(33)29-8-11-38-13-15-40-20-25(34)30-9-12-39-14-16-41-21-26(35)31-19-23-5-3-22(4-6-23)18-28-7-10-32/h3-6,10,28H,1-2,7-9,11-21H2,(H,29,33)(H,30,34)(H,31,35)(H2,27,36,37). The molecule has 15 nitrogen and oxygen atoms in total. The van der Waals surface area contributed by atoms with Crippen LogP contribution in [0.15, 0.2) is 24.3 Å². The summed E-state index contributed by atoms with van der Waals surface area (Å²) in [5, 5.41) is 15.9. The van der Waals surface area contributed by atoms with Crippen LogP contribution >= 0.6 is 0 Å². The fourth-order valence-corrected chi connectivity index (χ4v) is 3.72. The number of nitrogens with two attached hydrogens (primary N) is 1. The number of rotatable bonds is 26. The summed E-state index contributed by atoms with van der Waals surface area (Å²) in [6.45, 7) is 3.09. The van der Waals surface area contributed by atoms with Crippen molar-refractivity contribution in [1.29, 1.82) is 0 Å². The molecule has 0 aromatic heterocycles. The molecule has 3 amide bonds. The molecule has 0 atom stereocenters. The van der Waals surface area contributed by atoms with Crippen molar-refractivity contribution in [2.24, 2.45) is 5.14 Å². The fraction of sp³-hybridized carbons (Fsp3) is 0.615. The number of aldehydes is 1. The molecule has 6 N–H and O–H groups in total. The van der Waals surface area contributed by atoms with Gasteiger partial charge in [0.05, 0.1) is 51.9 Å². The molecule has 1 aromatic rings. The third-order valence-corrected chi connectivity index (χ3v) is 6.11. The number of carbonyl (C=O) groups is 4. The maximum Gasteiger partial charge on any atom is 0.246 e. The fourth-order valence-electron chi connectivity index (χ4n) is 3.17. The molecule has 0 heterocycles. The molecule has 1 rings (SSSR count). The van der Waals surface area contributed by atoms with Gasteiger partial charge in [-0.2, -0.15) is 0 Å². The molecule has 1 aromatic carbocycles. The Balaban J connectivity index is 1.88. The minimum atomic E-state index is -3.56. The van der Waals surface area contributed by atoms with E-state index in [-0.39, 0.29) is 95.7 Å². The molecule has 0 unspecified atom stereocenters. The Morgan fingerprint density at radius 1 is 0.714 bits per heavy atom. The van der Waals surface area contributed by atoms with Crippen molar-refractivity contribution in [3.63, 3.8) is 0 Å². The van der Waals surface area contributed by atoms with E-state index in [0.29, 0.717) is 26.2 Å². The van der Waals surface area contributed by atoms with Crippen LogP contribution in [0.5, 0.6) is 0 Å². The predicted octanol–water partition coefficient (Wildman–Crippen LogP) is -2.04. The van der Waals surface area contributed by atoms with Crippen molar-refractivity contribution in [3.05, 3.63) is 35.4 Å². The molecule has 0 radical (unpaired) electrons. The van der Waals surface area contributed by atoms with Crippen molar-refractivity contribution < 1.29 is 46.5 Å². The van der Waals surface area contributed by atoms with Gasteiger partial charge in [0.15, 0.2) is 0 Å². The van der Waals surface area contributed by atoms with Gasteiger partial charge in [0.25, 0.3) is 0 Å². The van der Waals surface area contributed by atoms with Crippen LogP contribution in [-0.4, -0.2) is 111 Å². The van der Waals surface area contributed by atoms with Gasteiger partial charge in [-0.25, -0.2) is 13.6 Å². The number of amides is 3. The zero-order chi connectivity index (χ0) is 30.9.